The van der Waals surface area contributed by atoms with Crippen LogP contribution in [0, 0.1) is 0 Å². The third-order valence-corrected chi connectivity index (χ3v) is 4.24. The van der Waals surface area contributed by atoms with E-state index in [0.29, 0.717) is 12.2 Å². The van der Waals surface area contributed by atoms with Gasteiger partial charge in [-0.15, -0.1) is 0 Å². The summed E-state index contributed by atoms with van der Waals surface area (Å²) in [4.78, 5) is 30.2. The van der Waals surface area contributed by atoms with Crippen LogP contribution in [0.4, 0.5) is 0 Å². The highest BCUT2D eigenvalue weighted by molar-refractivity contribution is 5.94. The summed E-state index contributed by atoms with van der Waals surface area (Å²) in [5.74, 6) is -0.174. The van der Waals surface area contributed by atoms with Crippen molar-refractivity contribution in [3.05, 3.63) is 64.3 Å². The van der Waals surface area contributed by atoms with Crippen LogP contribution < -0.4 is 5.56 Å². The van der Waals surface area contributed by atoms with Crippen molar-refractivity contribution in [3.8, 4) is 0 Å². The van der Waals surface area contributed by atoms with E-state index < -0.39 is 0 Å². The molecule has 2 atom stereocenters. The lowest BCUT2D eigenvalue weighted by Gasteiger charge is -2.28. The number of nitrogens with zero attached hydrogens (tertiary/aromatic N) is 3. The van der Waals surface area contributed by atoms with Gasteiger partial charge in [0.05, 0.1) is 6.04 Å². The molecule has 1 aliphatic heterocycles. The van der Waals surface area contributed by atoms with Crippen molar-refractivity contribution in [1.29, 1.82) is 0 Å². The molecule has 23 heavy (non-hydrogen) atoms. The minimum atomic E-state index is -0.198. The van der Waals surface area contributed by atoms with E-state index in [2.05, 4.69) is 4.98 Å². The number of aromatic nitrogens is 2. The topological polar surface area (TPSA) is 64.4 Å². The van der Waals surface area contributed by atoms with Crippen molar-refractivity contribution in [2.24, 2.45) is 7.05 Å². The van der Waals surface area contributed by atoms with Crippen LogP contribution >= 0.6 is 0 Å². The molecule has 1 amide bonds. The number of pyridine rings is 2. The lowest BCUT2D eigenvalue weighted by molar-refractivity contribution is 0.0515. The van der Waals surface area contributed by atoms with Gasteiger partial charge in [-0.3, -0.25) is 14.6 Å². The number of ether oxygens (including phenoxy) is 1. The minimum Gasteiger partial charge on any atom is -0.371 e. The minimum absolute atomic E-state index is 0.0734. The summed E-state index contributed by atoms with van der Waals surface area (Å²) in [6.07, 6.45) is 5.64. The van der Waals surface area contributed by atoms with Gasteiger partial charge in [-0.25, -0.2) is 0 Å². The molecule has 1 saturated heterocycles. The number of aryl methyl sites for hydroxylation is 1. The maximum Gasteiger partial charge on any atom is 0.254 e. The molecule has 2 aromatic rings. The molecule has 6 heteroatoms. The Balaban J connectivity index is 1.83. The van der Waals surface area contributed by atoms with E-state index in [1.807, 2.05) is 12.1 Å². The first-order chi connectivity index (χ1) is 11.1. The Bertz CT molecular complexity index is 757. The summed E-state index contributed by atoms with van der Waals surface area (Å²) in [7, 11) is 3.41. The fourth-order valence-electron chi connectivity index (χ4n) is 2.87. The van der Waals surface area contributed by atoms with Crippen molar-refractivity contribution in [1.82, 2.24) is 14.5 Å². The Labute approximate surface area is 134 Å². The van der Waals surface area contributed by atoms with Crippen LogP contribution in [-0.2, 0) is 11.8 Å². The third-order valence-electron chi connectivity index (χ3n) is 4.24. The maximum absolute atomic E-state index is 12.7. The van der Waals surface area contributed by atoms with Crippen molar-refractivity contribution < 1.29 is 9.53 Å². The first-order valence-corrected chi connectivity index (χ1v) is 7.53. The molecule has 3 heterocycles. The van der Waals surface area contributed by atoms with Crippen LogP contribution in [0.15, 0.2) is 47.7 Å². The fraction of sp³-hybridized carbons (Fsp3) is 0.353. The van der Waals surface area contributed by atoms with Gasteiger partial charge in [-0.2, -0.15) is 0 Å². The van der Waals surface area contributed by atoms with Gasteiger partial charge in [0.15, 0.2) is 0 Å². The van der Waals surface area contributed by atoms with E-state index in [-0.39, 0.29) is 23.6 Å². The molecule has 0 aliphatic carbocycles. The van der Waals surface area contributed by atoms with Crippen LogP contribution in [-0.4, -0.2) is 40.1 Å². The highest BCUT2D eigenvalue weighted by atomic mass is 16.5. The number of amides is 1. The molecule has 120 valence electrons. The predicted molar refractivity (Wildman–Crippen MR) is 85.1 cm³/mol. The van der Waals surface area contributed by atoms with Gasteiger partial charge in [0, 0.05) is 56.5 Å². The molecule has 0 radical (unpaired) electrons. The summed E-state index contributed by atoms with van der Waals surface area (Å²) >= 11 is 0. The second-order valence-electron chi connectivity index (χ2n) is 5.71. The highest BCUT2D eigenvalue weighted by Crippen LogP contribution is 2.32. The van der Waals surface area contributed by atoms with Crippen molar-refractivity contribution >= 4 is 5.91 Å². The van der Waals surface area contributed by atoms with Crippen LogP contribution in [0.3, 0.4) is 0 Å². The monoisotopic (exact) mass is 313 g/mol. The molecule has 0 unspecified atom stereocenters. The third kappa shape index (κ3) is 3.03. The van der Waals surface area contributed by atoms with E-state index in [1.165, 1.54) is 10.6 Å². The molecular weight excluding hydrogens is 294 g/mol. The van der Waals surface area contributed by atoms with Gasteiger partial charge in [-0.1, -0.05) is 6.07 Å². The molecule has 1 fully saturated rings. The molecule has 0 saturated carbocycles. The standard InChI is InChI=1S/C17H19N3O3/c1-19-8-5-12(10-15(19)21)17(22)20(2)14-6-9-23-16(14)13-4-3-7-18-11-13/h3-5,7-8,10-11,14,16H,6,9H2,1-2H3/t14-,16+/m0/s1. The van der Waals surface area contributed by atoms with Gasteiger partial charge >= 0.3 is 0 Å². The second-order valence-corrected chi connectivity index (χ2v) is 5.71. The number of hydrogen-bond acceptors (Lipinski definition) is 4. The van der Waals surface area contributed by atoms with Crippen LogP contribution in [0.25, 0.3) is 0 Å². The van der Waals surface area contributed by atoms with Crippen molar-refractivity contribution in [2.45, 2.75) is 18.6 Å². The molecule has 6 nitrogen and oxygen atoms in total. The van der Waals surface area contributed by atoms with Gasteiger partial charge in [0.2, 0.25) is 0 Å². The van der Waals surface area contributed by atoms with E-state index in [1.54, 1.807) is 43.7 Å². The molecule has 3 rings (SSSR count). The Morgan fingerprint density at radius 2 is 2.26 bits per heavy atom. The van der Waals surface area contributed by atoms with Gasteiger partial charge in [-0.05, 0) is 18.6 Å². The summed E-state index contributed by atoms with van der Waals surface area (Å²) in [5, 5.41) is 0. The van der Waals surface area contributed by atoms with E-state index in [9.17, 15) is 9.59 Å². The fourth-order valence-corrected chi connectivity index (χ4v) is 2.87. The Hall–Kier alpha value is -2.47. The zero-order valence-corrected chi connectivity index (χ0v) is 13.2. The molecule has 0 spiro atoms. The molecule has 0 aromatic carbocycles. The predicted octanol–water partition coefficient (Wildman–Crippen LogP) is 1.38. The number of hydrogen-bond donors (Lipinski definition) is 0. The van der Waals surface area contributed by atoms with Crippen LogP contribution in [0.1, 0.15) is 28.4 Å². The Kier molecular flexibility index (Phi) is 4.25. The Morgan fingerprint density at radius 1 is 1.43 bits per heavy atom. The van der Waals surface area contributed by atoms with Gasteiger partial charge < -0.3 is 14.2 Å². The van der Waals surface area contributed by atoms with Crippen LogP contribution in [0.2, 0.25) is 0 Å². The van der Waals surface area contributed by atoms with Crippen LogP contribution in [0.5, 0.6) is 0 Å². The number of rotatable bonds is 3. The van der Waals surface area contributed by atoms with Crippen molar-refractivity contribution in [3.63, 3.8) is 0 Å². The summed E-state index contributed by atoms with van der Waals surface area (Å²) in [6, 6.07) is 6.77. The molecule has 1 aliphatic rings. The first-order valence-electron chi connectivity index (χ1n) is 7.53. The summed E-state index contributed by atoms with van der Waals surface area (Å²) in [5.41, 5.74) is 1.15. The number of likely N-dealkylation sites (N-methyl/N-ethyl adjacent to an activating group) is 1. The van der Waals surface area contributed by atoms with E-state index in [4.69, 9.17) is 4.74 Å². The number of carbonyl (C=O) groups is 1. The van der Waals surface area contributed by atoms with Crippen molar-refractivity contribution in [2.75, 3.05) is 13.7 Å². The smallest absolute Gasteiger partial charge is 0.254 e. The zero-order valence-electron chi connectivity index (χ0n) is 13.2. The zero-order chi connectivity index (χ0) is 16.4. The molecule has 0 bridgehead atoms. The highest BCUT2D eigenvalue weighted by Gasteiger charge is 2.35. The molecular formula is C17H19N3O3. The van der Waals surface area contributed by atoms with Gasteiger partial charge in [0.25, 0.3) is 11.5 Å². The molecule has 2 aromatic heterocycles. The lowest BCUT2D eigenvalue weighted by atomic mass is 10.0. The average molecular weight is 313 g/mol. The van der Waals surface area contributed by atoms with E-state index >= 15 is 0 Å². The Morgan fingerprint density at radius 3 is 2.96 bits per heavy atom. The summed E-state index contributed by atoms with van der Waals surface area (Å²) in [6.45, 7) is 0.596. The SMILES string of the molecule is CN(C(=O)c1ccn(C)c(=O)c1)[C@H]1CCO[C@@H]1c1cccnc1. The normalized spacial score (nSPS) is 20.4. The largest absolute Gasteiger partial charge is 0.371 e. The first kappa shape index (κ1) is 15.4. The quantitative estimate of drug-likeness (QED) is 0.859. The average Bonchev–Trinajstić information content (AvgIpc) is 3.06. The maximum atomic E-state index is 12.7. The van der Waals surface area contributed by atoms with Gasteiger partial charge in [0.1, 0.15) is 6.10 Å². The molecule has 0 N–H and O–H groups in total. The van der Waals surface area contributed by atoms with E-state index in [0.717, 1.165) is 12.0 Å². The summed E-state index contributed by atoms with van der Waals surface area (Å²) < 4.78 is 7.24. The lowest BCUT2D eigenvalue weighted by Crippen LogP contribution is -2.39. The second kappa shape index (κ2) is 6.34. The number of carbonyl (C=O) groups excluding carboxylic acids is 1.